The van der Waals surface area contributed by atoms with Gasteiger partial charge in [0.05, 0.1) is 6.10 Å². The van der Waals surface area contributed by atoms with Gasteiger partial charge in [0.2, 0.25) is 0 Å². The topological polar surface area (TPSA) is 145 Å². The third kappa shape index (κ3) is 3.88. The van der Waals surface area contributed by atoms with Crippen LogP contribution in [0.15, 0.2) is 18.2 Å². The van der Waals surface area contributed by atoms with Crippen LogP contribution in [-0.2, 0) is 16.0 Å². The second kappa shape index (κ2) is 8.83. The lowest BCUT2D eigenvalue weighted by Crippen LogP contribution is -2.49. The van der Waals surface area contributed by atoms with E-state index in [1.165, 1.54) is 5.56 Å². The summed E-state index contributed by atoms with van der Waals surface area (Å²) in [6.45, 7) is 2.23. The van der Waals surface area contributed by atoms with Crippen molar-refractivity contribution in [3.8, 4) is 5.75 Å². The van der Waals surface area contributed by atoms with Gasteiger partial charge in [0.1, 0.15) is 24.1 Å². The third-order valence-corrected chi connectivity index (χ3v) is 8.27. The molecule has 0 aliphatic heterocycles. The molecular formula is C24H32O8. The zero-order valence-corrected chi connectivity index (χ0v) is 18.1. The smallest absolute Gasteiger partial charge is 0.343 e. The summed E-state index contributed by atoms with van der Waals surface area (Å²) in [5.41, 5.74) is 2.34. The number of rotatable bonds is 6. The number of hydrogen-bond donors (Lipinski definition) is 5. The third-order valence-electron chi connectivity index (χ3n) is 8.27. The Labute approximate surface area is 186 Å². The van der Waals surface area contributed by atoms with Crippen molar-refractivity contribution < 1.29 is 39.9 Å². The van der Waals surface area contributed by atoms with Crippen LogP contribution in [0.25, 0.3) is 0 Å². The molecular weight excluding hydrogens is 416 g/mol. The van der Waals surface area contributed by atoms with Crippen molar-refractivity contribution in [3.05, 3.63) is 29.3 Å². The van der Waals surface area contributed by atoms with Gasteiger partial charge in [-0.3, -0.25) is 0 Å². The molecule has 0 aromatic heterocycles. The van der Waals surface area contributed by atoms with Crippen molar-refractivity contribution in [1.29, 1.82) is 0 Å². The number of aliphatic hydroxyl groups excluding tert-OH is 5. The van der Waals surface area contributed by atoms with Crippen LogP contribution in [0, 0.1) is 17.3 Å². The number of carbonyl (C=O) groups excluding carboxylic acids is 2. The minimum atomic E-state index is -2.12. The molecule has 0 spiro atoms. The van der Waals surface area contributed by atoms with Crippen LogP contribution in [0.5, 0.6) is 5.75 Å². The van der Waals surface area contributed by atoms with Crippen LogP contribution >= 0.6 is 0 Å². The Morgan fingerprint density at radius 3 is 2.59 bits per heavy atom. The zero-order valence-electron chi connectivity index (χ0n) is 18.1. The molecule has 4 rings (SSSR count). The lowest BCUT2D eigenvalue weighted by Gasteiger charge is -2.50. The molecule has 9 atom stereocenters. The fourth-order valence-corrected chi connectivity index (χ4v) is 6.38. The first-order valence-corrected chi connectivity index (χ1v) is 11.4. The Morgan fingerprint density at radius 2 is 1.88 bits per heavy atom. The van der Waals surface area contributed by atoms with E-state index in [9.17, 15) is 35.1 Å². The molecule has 0 heterocycles. The Hall–Kier alpha value is -1.84. The number of aryl methyl sites for hydroxylation is 1. The molecule has 3 aliphatic rings. The maximum atomic E-state index is 12.2. The number of ether oxygens (including phenoxy) is 1. The van der Waals surface area contributed by atoms with Crippen LogP contribution in [0.3, 0.4) is 0 Å². The van der Waals surface area contributed by atoms with E-state index in [1.807, 2.05) is 6.07 Å². The van der Waals surface area contributed by atoms with E-state index in [-0.39, 0.29) is 23.6 Å². The summed E-state index contributed by atoms with van der Waals surface area (Å²) >= 11 is 0. The summed E-state index contributed by atoms with van der Waals surface area (Å²) in [6.07, 6.45) is -2.55. The monoisotopic (exact) mass is 448 g/mol. The molecule has 176 valence electrons. The van der Waals surface area contributed by atoms with Gasteiger partial charge >= 0.3 is 5.97 Å². The largest absolute Gasteiger partial charge is 0.425 e. The lowest BCUT2D eigenvalue weighted by molar-refractivity contribution is -0.161. The van der Waals surface area contributed by atoms with Gasteiger partial charge in [-0.05, 0) is 85.0 Å². The number of aldehydes is 1. The predicted molar refractivity (Wildman–Crippen MR) is 113 cm³/mol. The molecule has 0 saturated heterocycles. The SMILES string of the molecule is C[C@]12CC[C@@H]3c4ccc(OC(=O)[C@@H](O)[C@@H](O)[C@H](O)[C@@H](O)C=O)cc4CC[C@H]3[C@@H]1CC[C@@H]2O. The molecule has 2 fully saturated rings. The summed E-state index contributed by atoms with van der Waals surface area (Å²) in [7, 11) is 0. The highest BCUT2D eigenvalue weighted by molar-refractivity contribution is 5.78. The highest BCUT2D eigenvalue weighted by atomic mass is 16.6. The molecule has 0 radical (unpaired) electrons. The van der Waals surface area contributed by atoms with Gasteiger partial charge in [0, 0.05) is 0 Å². The predicted octanol–water partition coefficient (Wildman–Crippen LogP) is 0.451. The number of carbonyl (C=O) groups is 2. The molecule has 8 heteroatoms. The summed E-state index contributed by atoms with van der Waals surface area (Å²) in [5, 5.41) is 49.2. The van der Waals surface area contributed by atoms with Crippen LogP contribution < -0.4 is 4.74 Å². The van der Waals surface area contributed by atoms with Gasteiger partial charge in [-0.1, -0.05) is 13.0 Å². The maximum absolute atomic E-state index is 12.2. The number of aliphatic hydroxyl groups is 5. The van der Waals surface area contributed by atoms with E-state index < -0.39 is 30.4 Å². The number of hydrogen-bond acceptors (Lipinski definition) is 8. The number of benzene rings is 1. The Balaban J connectivity index is 1.46. The summed E-state index contributed by atoms with van der Waals surface area (Å²) < 4.78 is 5.20. The molecule has 0 amide bonds. The van der Waals surface area contributed by atoms with Gasteiger partial charge in [-0.2, -0.15) is 0 Å². The lowest BCUT2D eigenvalue weighted by atomic mass is 9.55. The molecule has 5 N–H and O–H groups in total. The van der Waals surface area contributed by atoms with Crippen LogP contribution in [-0.4, -0.2) is 68.3 Å². The fraction of sp³-hybridized carbons (Fsp3) is 0.667. The standard InChI is InChI=1S/C24H32O8/c1-24-9-8-15-14-5-3-13(32-23(31)22(30)21(29)20(28)18(26)11-25)10-12(14)2-4-16(15)17(24)6-7-19(24)27/h3,5,10-11,15-22,26-30H,2,4,6-9H2,1H3/t15-,16-,17+,18+,19+,20-,21+,22+,24+/m1/s1. The van der Waals surface area contributed by atoms with Crippen molar-refractivity contribution >= 4 is 12.3 Å². The van der Waals surface area contributed by atoms with Crippen molar-refractivity contribution in [2.24, 2.45) is 17.3 Å². The molecule has 0 unspecified atom stereocenters. The van der Waals surface area contributed by atoms with E-state index in [2.05, 4.69) is 6.92 Å². The summed E-state index contributed by atoms with van der Waals surface area (Å²) in [5.74, 6) is 0.512. The van der Waals surface area contributed by atoms with E-state index >= 15 is 0 Å². The molecule has 2 saturated carbocycles. The first-order chi connectivity index (χ1) is 15.2. The molecule has 1 aromatic carbocycles. The van der Waals surface area contributed by atoms with Gasteiger partial charge in [-0.25, -0.2) is 4.79 Å². The second-order valence-corrected chi connectivity index (χ2v) is 9.89. The van der Waals surface area contributed by atoms with Crippen molar-refractivity contribution in [2.75, 3.05) is 0 Å². The number of esters is 1. The summed E-state index contributed by atoms with van der Waals surface area (Å²) in [6, 6.07) is 5.39. The first kappa shape index (κ1) is 23.3. The van der Waals surface area contributed by atoms with E-state index in [0.29, 0.717) is 17.8 Å². The molecule has 32 heavy (non-hydrogen) atoms. The van der Waals surface area contributed by atoms with Crippen molar-refractivity contribution in [3.63, 3.8) is 0 Å². The zero-order chi connectivity index (χ0) is 23.2. The van der Waals surface area contributed by atoms with Gasteiger partial charge in [0.25, 0.3) is 0 Å². The Bertz CT molecular complexity index is 872. The molecule has 8 nitrogen and oxygen atoms in total. The van der Waals surface area contributed by atoms with Gasteiger partial charge in [-0.15, -0.1) is 0 Å². The van der Waals surface area contributed by atoms with E-state index in [0.717, 1.165) is 44.1 Å². The fourth-order valence-electron chi connectivity index (χ4n) is 6.38. The quantitative estimate of drug-likeness (QED) is 0.240. The highest BCUT2D eigenvalue weighted by Gasteiger charge is 2.54. The summed E-state index contributed by atoms with van der Waals surface area (Å²) in [4.78, 5) is 22.8. The molecule has 0 bridgehead atoms. The Kier molecular flexibility index (Phi) is 6.44. The molecule has 3 aliphatic carbocycles. The second-order valence-electron chi connectivity index (χ2n) is 9.89. The van der Waals surface area contributed by atoms with Crippen LogP contribution in [0.4, 0.5) is 0 Å². The van der Waals surface area contributed by atoms with Gasteiger partial charge in [0.15, 0.2) is 12.4 Å². The Morgan fingerprint density at radius 1 is 1.12 bits per heavy atom. The van der Waals surface area contributed by atoms with Gasteiger partial charge < -0.3 is 35.1 Å². The normalized spacial score (nSPS) is 34.9. The van der Waals surface area contributed by atoms with Crippen LogP contribution in [0.2, 0.25) is 0 Å². The highest BCUT2D eigenvalue weighted by Crippen LogP contribution is 2.60. The maximum Gasteiger partial charge on any atom is 0.343 e. The average molecular weight is 449 g/mol. The average Bonchev–Trinajstić information content (AvgIpc) is 3.11. The van der Waals surface area contributed by atoms with E-state index in [1.54, 1.807) is 12.1 Å². The first-order valence-electron chi connectivity index (χ1n) is 11.4. The molecule has 1 aromatic rings. The van der Waals surface area contributed by atoms with E-state index in [4.69, 9.17) is 4.74 Å². The number of fused-ring (bicyclic) bond motifs is 5. The van der Waals surface area contributed by atoms with Crippen molar-refractivity contribution in [1.82, 2.24) is 0 Å². The minimum absolute atomic E-state index is 0.00278. The minimum Gasteiger partial charge on any atom is -0.425 e. The van der Waals surface area contributed by atoms with Crippen LogP contribution in [0.1, 0.15) is 56.1 Å². The van der Waals surface area contributed by atoms with Crippen molar-refractivity contribution in [2.45, 2.75) is 81.9 Å².